The summed E-state index contributed by atoms with van der Waals surface area (Å²) in [5.41, 5.74) is 29.2. The molecule has 2 heterocycles. The van der Waals surface area contributed by atoms with Crippen molar-refractivity contribution in [3.8, 4) is 0 Å². The van der Waals surface area contributed by atoms with Gasteiger partial charge in [-0.25, -0.2) is 15.0 Å². The zero-order chi connectivity index (χ0) is 42.9. The maximum absolute atomic E-state index is 9.59. The summed E-state index contributed by atoms with van der Waals surface area (Å²) in [4.78, 5) is 20.2. The molecule has 4 rings (SSSR count). The summed E-state index contributed by atoms with van der Waals surface area (Å²) >= 11 is 0. The SMILES string of the molecule is CC(C)(C)c1cc(C(C)(C)C)c(C2=P(c3nc(N=[N+]=[N-])nc(N=[N+]=[N-])n3)=C(c3c(C(C)(C)C)cc(C(C)(C)C)cc3C(C)(C)C)P2C(C)(C)C)c(C(C)(C)C)c1. The maximum atomic E-state index is 9.59. The van der Waals surface area contributed by atoms with Crippen molar-refractivity contribution in [2.45, 2.75) is 183 Å². The van der Waals surface area contributed by atoms with E-state index in [4.69, 9.17) is 9.97 Å². The fourth-order valence-corrected chi connectivity index (χ4v) is 16.0. The Bertz CT molecular complexity index is 2030. The van der Waals surface area contributed by atoms with Gasteiger partial charge >= 0.3 is 0 Å². The minimum absolute atomic E-state index is 0.0692. The van der Waals surface area contributed by atoms with Gasteiger partial charge in [-0.1, -0.05) is 170 Å². The van der Waals surface area contributed by atoms with Crippen LogP contribution in [-0.4, -0.2) is 30.2 Å². The van der Waals surface area contributed by atoms with E-state index < -0.39 is 15.1 Å². The van der Waals surface area contributed by atoms with Gasteiger partial charge in [0.05, 0.1) is 0 Å². The van der Waals surface area contributed by atoms with E-state index in [2.05, 4.69) is 195 Å². The number of rotatable bonds is 5. The van der Waals surface area contributed by atoms with Gasteiger partial charge in [-0.15, -0.1) is 0 Å². The second-order valence-corrected chi connectivity index (χ2v) is 28.1. The molecule has 9 nitrogen and oxygen atoms in total. The first-order chi connectivity index (χ1) is 25.1. The zero-order valence-electron chi connectivity index (χ0n) is 38.2. The highest BCUT2D eigenvalue weighted by Gasteiger charge is 2.47. The van der Waals surface area contributed by atoms with E-state index in [9.17, 15) is 11.1 Å². The van der Waals surface area contributed by atoms with Gasteiger partial charge in [0, 0.05) is 19.9 Å². The maximum Gasteiger partial charge on any atom is 0.220 e. The monoisotopic (exact) mass is 795 g/mol. The highest BCUT2D eigenvalue weighted by molar-refractivity contribution is 8.17. The lowest BCUT2D eigenvalue weighted by Gasteiger charge is -2.47. The zero-order valence-corrected chi connectivity index (χ0v) is 40.0. The molecule has 56 heavy (non-hydrogen) atoms. The van der Waals surface area contributed by atoms with Crippen molar-refractivity contribution in [2.24, 2.45) is 10.2 Å². The molecule has 0 unspecified atom stereocenters. The van der Waals surface area contributed by atoms with Crippen molar-refractivity contribution < 1.29 is 0 Å². The third kappa shape index (κ3) is 9.13. The molecule has 0 saturated carbocycles. The largest absolute Gasteiger partial charge is 0.220 e. The van der Waals surface area contributed by atoms with Crippen LogP contribution < -0.4 is 5.57 Å². The quantitative estimate of drug-likeness (QED) is 0.110. The molecule has 0 spiro atoms. The van der Waals surface area contributed by atoms with Crippen LogP contribution in [0.15, 0.2) is 34.5 Å². The van der Waals surface area contributed by atoms with Gasteiger partial charge in [0.15, 0.2) is 5.57 Å². The molecule has 1 aliphatic rings. The van der Waals surface area contributed by atoms with Crippen molar-refractivity contribution in [1.29, 1.82) is 0 Å². The Morgan fingerprint density at radius 3 is 0.946 bits per heavy atom. The van der Waals surface area contributed by atoms with Crippen molar-refractivity contribution in [3.63, 3.8) is 0 Å². The van der Waals surface area contributed by atoms with Crippen LogP contribution in [0.4, 0.5) is 11.9 Å². The first-order valence-electron chi connectivity index (χ1n) is 19.7. The molecule has 0 amide bonds. The van der Waals surface area contributed by atoms with Crippen molar-refractivity contribution in [3.05, 3.63) is 89.7 Å². The van der Waals surface area contributed by atoms with E-state index in [1.54, 1.807) is 0 Å². The molecule has 0 saturated heterocycles. The molecule has 3 aromatic rings. The van der Waals surface area contributed by atoms with E-state index in [1.165, 1.54) is 54.6 Å². The highest BCUT2D eigenvalue weighted by Crippen LogP contribution is 2.69. The number of nitrogens with zero attached hydrogens (tertiary/aromatic N) is 9. The lowest BCUT2D eigenvalue weighted by Crippen LogP contribution is -2.36. The minimum atomic E-state index is -1.43. The number of aromatic nitrogens is 3. The fraction of sp³-hybridized carbons (Fsp3) is 0.622. The summed E-state index contributed by atoms with van der Waals surface area (Å²) < 4.78 is 0. The molecular weight excluding hydrogens is 729 g/mol. The van der Waals surface area contributed by atoms with Gasteiger partial charge < -0.3 is 0 Å². The second kappa shape index (κ2) is 14.7. The van der Waals surface area contributed by atoms with Crippen LogP contribution in [-0.2, 0) is 32.5 Å². The van der Waals surface area contributed by atoms with Gasteiger partial charge in [0.2, 0.25) is 11.9 Å². The minimum Gasteiger partial charge on any atom is -0.205 e. The van der Waals surface area contributed by atoms with Crippen molar-refractivity contribution >= 4 is 42.6 Å². The van der Waals surface area contributed by atoms with Crippen LogP contribution in [0.3, 0.4) is 0 Å². The van der Waals surface area contributed by atoms with Crippen molar-refractivity contribution in [2.75, 3.05) is 0 Å². The molecule has 2 aromatic carbocycles. The Labute approximate surface area is 339 Å². The van der Waals surface area contributed by atoms with E-state index >= 15 is 0 Å². The van der Waals surface area contributed by atoms with Gasteiger partial charge in [-0.05, 0) is 119 Å². The number of benzene rings is 2. The Hall–Kier alpha value is -3.46. The molecule has 0 bridgehead atoms. The number of hydrogen-bond donors (Lipinski definition) is 0. The van der Waals surface area contributed by atoms with Gasteiger partial charge in [-0.2, -0.15) is 0 Å². The van der Waals surface area contributed by atoms with E-state index in [0.717, 1.165) is 0 Å². The first-order valence-corrected chi connectivity index (χ1v) is 22.4. The van der Waals surface area contributed by atoms with Crippen LogP contribution in [0.1, 0.15) is 190 Å². The third-order valence-corrected chi connectivity index (χ3v) is 17.2. The van der Waals surface area contributed by atoms with Crippen LogP contribution in [0.25, 0.3) is 20.9 Å². The average Bonchev–Trinajstić information content (AvgIpc) is 2.97. The van der Waals surface area contributed by atoms with Gasteiger partial charge in [-0.3, -0.25) is 0 Å². The summed E-state index contributed by atoms with van der Waals surface area (Å²) in [6, 6.07) is 9.79. The summed E-state index contributed by atoms with van der Waals surface area (Å²) in [5, 5.41) is 10.3. The van der Waals surface area contributed by atoms with E-state index in [0.29, 0.717) is 5.57 Å². The van der Waals surface area contributed by atoms with E-state index in [1.807, 2.05) is 0 Å². The van der Waals surface area contributed by atoms with Crippen LogP contribution >= 0.6 is 15.1 Å². The Balaban J connectivity index is 2.59. The summed E-state index contributed by atoms with van der Waals surface area (Å²) in [6.45, 7) is 48.7. The number of hydrogen-bond acceptors (Lipinski definition) is 5. The third-order valence-electron chi connectivity index (χ3n) is 10.3. The molecule has 0 fully saturated rings. The summed E-state index contributed by atoms with van der Waals surface area (Å²) in [7, 11) is -2.42. The van der Waals surface area contributed by atoms with Crippen molar-refractivity contribution in [1.82, 2.24) is 15.0 Å². The lowest BCUT2D eigenvalue weighted by atomic mass is 9.72. The molecular formula is C45H67N9P2. The lowest BCUT2D eigenvalue weighted by molar-refractivity contribution is 0.546. The summed E-state index contributed by atoms with van der Waals surface area (Å²) in [5.74, 6) is -0.197. The highest BCUT2D eigenvalue weighted by atomic mass is 31.2. The van der Waals surface area contributed by atoms with Crippen LogP contribution in [0.2, 0.25) is 0 Å². The standard InChI is InChI=1S/C45H67N9P2/c1-39(2,3)26-22-28(41(7,8)9)32(29(23-26)42(10,11)12)34-55(38-49-36(51-53-46)48-37(50-38)52-54-47)35(56(34)45(19,20)21)33-30(43(13,14)15)24-27(40(4,5)6)25-31(33)44(16,17)18/h22-25H,1-21H3. The average molecular weight is 796 g/mol. The molecule has 0 aliphatic carbocycles. The molecule has 11 heteroatoms. The number of azide groups is 2. The second-order valence-electron chi connectivity index (χ2n) is 22.5. The molecule has 1 aromatic heterocycles. The topological polar surface area (TPSA) is 136 Å². The predicted molar refractivity (Wildman–Crippen MR) is 244 cm³/mol. The summed E-state index contributed by atoms with van der Waals surface area (Å²) in [6.07, 6.45) is 0. The van der Waals surface area contributed by atoms with Gasteiger partial charge in [0.25, 0.3) is 0 Å². The smallest absolute Gasteiger partial charge is 0.205 e. The normalized spacial score (nSPS) is 16.7. The predicted octanol–water partition coefficient (Wildman–Crippen LogP) is 14.3. The fourth-order valence-electron chi connectivity index (χ4n) is 7.24. The van der Waals surface area contributed by atoms with Gasteiger partial charge in [0.1, 0.15) is 0 Å². The molecule has 0 atom stereocenters. The molecule has 0 N–H and O–H groups in total. The molecule has 302 valence electrons. The Morgan fingerprint density at radius 2 is 0.732 bits per heavy atom. The first kappa shape index (κ1) is 45.2. The molecule has 1 aliphatic heterocycles. The van der Waals surface area contributed by atoms with E-state index in [-0.39, 0.29) is 49.5 Å². The Morgan fingerprint density at radius 1 is 0.446 bits per heavy atom. The Kier molecular flexibility index (Phi) is 11.9. The van der Waals surface area contributed by atoms with Crippen LogP contribution in [0.5, 0.6) is 0 Å². The van der Waals surface area contributed by atoms with Crippen LogP contribution in [0, 0.1) is 0 Å². The molecule has 0 radical (unpaired) electrons.